The molecule has 27 heavy (non-hydrogen) atoms. The van der Waals surface area contributed by atoms with E-state index in [9.17, 15) is 4.79 Å². The van der Waals surface area contributed by atoms with Crippen molar-refractivity contribution in [2.45, 2.75) is 71.1 Å². The Kier molecular flexibility index (Phi) is 10.0. The summed E-state index contributed by atoms with van der Waals surface area (Å²) < 4.78 is 10.6. The fourth-order valence-corrected chi connectivity index (χ4v) is 3.84. The third kappa shape index (κ3) is 8.64. The highest BCUT2D eigenvalue weighted by Gasteiger charge is 2.21. The normalized spacial score (nSPS) is 19.9. The first-order valence-electron chi connectivity index (χ1n) is 10.7. The van der Waals surface area contributed by atoms with E-state index in [4.69, 9.17) is 4.74 Å². The molecule has 1 saturated carbocycles. The van der Waals surface area contributed by atoms with Crippen molar-refractivity contribution in [2.24, 2.45) is 11.8 Å². The fourth-order valence-electron chi connectivity index (χ4n) is 3.84. The van der Waals surface area contributed by atoms with Crippen molar-refractivity contribution in [1.82, 2.24) is 0 Å². The van der Waals surface area contributed by atoms with Gasteiger partial charge in [0.1, 0.15) is 5.75 Å². The van der Waals surface area contributed by atoms with Crippen molar-refractivity contribution < 1.29 is 14.3 Å². The van der Waals surface area contributed by atoms with Gasteiger partial charge in [-0.3, -0.25) is 0 Å². The van der Waals surface area contributed by atoms with E-state index in [1.54, 1.807) is 6.08 Å². The first-order valence-corrected chi connectivity index (χ1v) is 10.7. The standard InChI is InChI=1S/C24H36O3/c1-3-4-5-6-7-8-20-9-11-22(12-10-20)19-27-23-16-13-21(14-17-23)15-18-24(25)26-2/h13-18,20,22H,3-12,19H2,1-2H3/b18-15+. The molecule has 150 valence electrons. The topological polar surface area (TPSA) is 35.5 Å². The highest BCUT2D eigenvalue weighted by atomic mass is 16.5. The van der Waals surface area contributed by atoms with Gasteiger partial charge in [0.05, 0.1) is 13.7 Å². The SMILES string of the molecule is CCCCCCCC1CCC(COc2ccc(/C=C/C(=O)OC)cc2)CC1. The van der Waals surface area contributed by atoms with Gasteiger partial charge in [-0.2, -0.15) is 0 Å². The monoisotopic (exact) mass is 372 g/mol. The molecule has 2 rings (SSSR count). The molecule has 0 bridgehead atoms. The zero-order valence-electron chi connectivity index (χ0n) is 17.1. The van der Waals surface area contributed by atoms with Gasteiger partial charge in [-0.25, -0.2) is 4.79 Å². The summed E-state index contributed by atoms with van der Waals surface area (Å²) in [5.74, 6) is 2.21. The Labute approximate surface area is 165 Å². The number of unbranched alkanes of at least 4 members (excludes halogenated alkanes) is 4. The number of carbonyl (C=O) groups excluding carboxylic acids is 1. The molecule has 0 radical (unpaired) electrons. The van der Waals surface area contributed by atoms with Crippen LogP contribution in [0.25, 0.3) is 6.08 Å². The molecule has 1 aromatic rings. The quantitative estimate of drug-likeness (QED) is 0.255. The summed E-state index contributed by atoms with van der Waals surface area (Å²) >= 11 is 0. The molecular weight excluding hydrogens is 336 g/mol. The third-order valence-corrected chi connectivity index (χ3v) is 5.66. The molecule has 1 fully saturated rings. The van der Waals surface area contributed by atoms with E-state index < -0.39 is 0 Å². The number of hydrogen-bond acceptors (Lipinski definition) is 3. The maximum Gasteiger partial charge on any atom is 0.330 e. The van der Waals surface area contributed by atoms with Gasteiger partial charge in [-0.05, 0) is 48.4 Å². The van der Waals surface area contributed by atoms with Crippen molar-refractivity contribution in [3.05, 3.63) is 35.9 Å². The van der Waals surface area contributed by atoms with Crippen LogP contribution in [0.15, 0.2) is 30.3 Å². The average molecular weight is 373 g/mol. The first kappa shape index (κ1) is 21.5. The van der Waals surface area contributed by atoms with Crippen LogP contribution in [0.3, 0.4) is 0 Å². The molecule has 3 heteroatoms. The molecule has 0 aliphatic heterocycles. The van der Waals surface area contributed by atoms with E-state index in [1.807, 2.05) is 24.3 Å². The van der Waals surface area contributed by atoms with Gasteiger partial charge in [-0.15, -0.1) is 0 Å². The second-order valence-corrected chi connectivity index (χ2v) is 7.83. The van der Waals surface area contributed by atoms with E-state index in [0.717, 1.165) is 23.8 Å². The number of methoxy groups -OCH3 is 1. The van der Waals surface area contributed by atoms with Crippen molar-refractivity contribution in [1.29, 1.82) is 0 Å². The minimum Gasteiger partial charge on any atom is -0.493 e. The molecular formula is C24H36O3. The van der Waals surface area contributed by atoms with E-state index >= 15 is 0 Å². The Bertz CT molecular complexity index is 553. The predicted octanol–water partition coefficient (Wildman–Crippen LogP) is 6.42. The van der Waals surface area contributed by atoms with Gasteiger partial charge in [-0.1, -0.05) is 70.4 Å². The highest BCUT2D eigenvalue weighted by Crippen LogP contribution is 2.32. The maximum atomic E-state index is 11.1. The zero-order chi connectivity index (χ0) is 19.3. The van der Waals surface area contributed by atoms with Crippen LogP contribution in [0.4, 0.5) is 0 Å². The number of carbonyl (C=O) groups is 1. The molecule has 0 spiro atoms. The number of benzene rings is 1. The predicted molar refractivity (Wildman–Crippen MR) is 112 cm³/mol. The lowest BCUT2D eigenvalue weighted by atomic mass is 9.80. The number of hydrogen-bond donors (Lipinski definition) is 0. The number of rotatable bonds is 11. The molecule has 0 atom stereocenters. The van der Waals surface area contributed by atoms with Crippen molar-refractivity contribution in [3.63, 3.8) is 0 Å². The molecule has 0 saturated heterocycles. The summed E-state index contributed by atoms with van der Waals surface area (Å²) in [5, 5.41) is 0. The molecule has 0 aromatic heterocycles. The van der Waals surface area contributed by atoms with Gasteiger partial charge < -0.3 is 9.47 Å². The largest absolute Gasteiger partial charge is 0.493 e. The van der Waals surface area contributed by atoms with Crippen LogP contribution in [-0.2, 0) is 9.53 Å². The minimum absolute atomic E-state index is 0.341. The Morgan fingerprint density at radius 3 is 2.33 bits per heavy atom. The molecule has 3 nitrogen and oxygen atoms in total. The van der Waals surface area contributed by atoms with Crippen LogP contribution in [0.2, 0.25) is 0 Å². The first-order chi connectivity index (χ1) is 13.2. The van der Waals surface area contributed by atoms with Crippen molar-refractivity contribution in [2.75, 3.05) is 13.7 Å². The molecule has 0 heterocycles. The molecule has 1 aromatic carbocycles. The molecule has 1 aliphatic carbocycles. The van der Waals surface area contributed by atoms with E-state index in [2.05, 4.69) is 11.7 Å². The summed E-state index contributed by atoms with van der Waals surface area (Å²) in [5.41, 5.74) is 0.965. The van der Waals surface area contributed by atoms with Gasteiger partial charge in [0.25, 0.3) is 0 Å². The minimum atomic E-state index is -0.341. The van der Waals surface area contributed by atoms with Gasteiger partial charge in [0.15, 0.2) is 0 Å². The zero-order valence-corrected chi connectivity index (χ0v) is 17.1. The van der Waals surface area contributed by atoms with Crippen LogP contribution in [0.5, 0.6) is 5.75 Å². The third-order valence-electron chi connectivity index (χ3n) is 5.66. The second-order valence-electron chi connectivity index (χ2n) is 7.83. The Balaban J connectivity index is 1.62. The summed E-state index contributed by atoms with van der Waals surface area (Å²) in [6.45, 7) is 3.10. The Morgan fingerprint density at radius 1 is 1.00 bits per heavy atom. The molecule has 0 N–H and O–H groups in total. The molecule has 0 amide bonds. The summed E-state index contributed by atoms with van der Waals surface area (Å²) in [7, 11) is 1.38. The van der Waals surface area contributed by atoms with Crippen molar-refractivity contribution >= 4 is 12.0 Å². The van der Waals surface area contributed by atoms with Crippen LogP contribution >= 0.6 is 0 Å². The van der Waals surface area contributed by atoms with Crippen LogP contribution < -0.4 is 4.74 Å². The smallest absolute Gasteiger partial charge is 0.330 e. The lowest BCUT2D eigenvalue weighted by Crippen LogP contribution is -2.20. The van der Waals surface area contributed by atoms with Gasteiger partial charge in [0.2, 0.25) is 0 Å². The number of esters is 1. The van der Waals surface area contributed by atoms with Crippen LogP contribution in [-0.4, -0.2) is 19.7 Å². The van der Waals surface area contributed by atoms with E-state index in [0.29, 0.717) is 5.92 Å². The average Bonchev–Trinajstić information content (AvgIpc) is 2.72. The van der Waals surface area contributed by atoms with Crippen LogP contribution in [0.1, 0.15) is 76.7 Å². The fraction of sp³-hybridized carbons (Fsp3) is 0.625. The Hall–Kier alpha value is -1.77. The Morgan fingerprint density at radius 2 is 1.67 bits per heavy atom. The highest BCUT2D eigenvalue weighted by molar-refractivity contribution is 5.86. The lowest BCUT2D eigenvalue weighted by Gasteiger charge is -2.28. The summed E-state index contributed by atoms with van der Waals surface area (Å²) in [4.78, 5) is 11.1. The van der Waals surface area contributed by atoms with Crippen molar-refractivity contribution in [3.8, 4) is 5.75 Å². The van der Waals surface area contributed by atoms with Gasteiger partial charge in [0, 0.05) is 6.08 Å². The number of ether oxygens (including phenoxy) is 2. The van der Waals surface area contributed by atoms with E-state index in [1.165, 1.54) is 77.4 Å². The molecule has 1 aliphatic rings. The second kappa shape index (κ2) is 12.6. The van der Waals surface area contributed by atoms with Gasteiger partial charge >= 0.3 is 5.97 Å². The van der Waals surface area contributed by atoms with Crippen LogP contribution in [0, 0.1) is 11.8 Å². The molecule has 0 unspecified atom stereocenters. The van der Waals surface area contributed by atoms with E-state index in [-0.39, 0.29) is 5.97 Å². The maximum absolute atomic E-state index is 11.1. The summed E-state index contributed by atoms with van der Waals surface area (Å²) in [6, 6.07) is 7.87. The lowest BCUT2D eigenvalue weighted by molar-refractivity contribution is -0.134. The summed E-state index contributed by atoms with van der Waals surface area (Å²) in [6.07, 6.45) is 16.9.